The van der Waals surface area contributed by atoms with Crippen LogP contribution in [0.3, 0.4) is 0 Å². The van der Waals surface area contributed by atoms with E-state index in [-0.39, 0.29) is 6.04 Å². The van der Waals surface area contributed by atoms with E-state index >= 15 is 0 Å². The fourth-order valence-corrected chi connectivity index (χ4v) is 3.75. The standard InChI is InChI=1S/C15H19BrF2N2/c1-10-8-19-5-3-2-4-11(19)9-20(10)15-6-12(16)13(17)7-14(15)18/h6-7,10-11H,2-5,8-9H2,1H3. The average molecular weight is 345 g/mol. The summed E-state index contributed by atoms with van der Waals surface area (Å²) >= 11 is 3.16. The summed E-state index contributed by atoms with van der Waals surface area (Å²) < 4.78 is 27.8. The molecule has 0 amide bonds. The summed E-state index contributed by atoms with van der Waals surface area (Å²) in [6.07, 6.45) is 3.69. The van der Waals surface area contributed by atoms with Crippen molar-refractivity contribution >= 4 is 21.6 Å². The van der Waals surface area contributed by atoms with Crippen LogP contribution in [-0.4, -0.2) is 36.6 Å². The van der Waals surface area contributed by atoms with Gasteiger partial charge < -0.3 is 4.90 Å². The van der Waals surface area contributed by atoms with Gasteiger partial charge in [0.2, 0.25) is 0 Å². The van der Waals surface area contributed by atoms with Gasteiger partial charge in [-0.05, 0) is 48.3 Å². The van der Waals surface area contributed by atoms with Gasteiger partial charge in [-0.25, -0.2) is 8.78 Å². The van der Waals surface area contributed by atoms with Gasteiger partial charge in [0.1, 0.15) is 11.6 Å². The highest BCUT2D eigenvalue weighted by Crippen LogP contribution is 2.32. The number of fused-ring (bicyclic) bond motifs is 1. The molecule has 3 rings (SSSR count). The van der Waals surface area contributed by atoms with Gasteiger partial charge in [0.15, 0.2) is 0 Å². The quantitative estimate of drug-likeness (QED) is 0.715. The Morgan fingerprint density at radius 2 is 1.95 bits per heavy atom. The monoisotopic (exact) mass is 344 g/mol. The molecule has 2 aliphatic heterocycles. The summed E-state index contributed by atoms with van der Waals surface area (Å²) in [6.45, 7) is 5.05. The Labute approximate surface area is 126 Å². The maximum absolute atomic E-state index is 14.1. The first-order valence-electron chi connectivity index (χ1n) is 7.21. The van der Waals surface area contributed by atoms with Crippen molar-refractivity contribution in [2.75, 3.05) is 24.5 Å². The summed E-state index contributed by atoms with van der Waals surface area (Å²) in [4.78, 5) is 4.60. The molecule has 0 N–H and O–H groups in total. The van der Waals surface area contributed by atoms with Crippen LogP contribution in [0.1, 0.15) is 26.2 Å². The Morgan fingerprint density at radius 3 is 2.75 bits per heavy atom. The second-order valence-corrected chi connectivity index (χ2v) is 6.72. The first-order valence-corrected chi connectivity index (χ1v) is 8.01. The van der Waals surface area contributed by atoms with Crippen molar-refractivity contribution in [1.29, 1.82) is 0 Å². The second kappa shape index (κ2) is 5.60. The predicted octanol–water partition coefficient (Wildman–Crippen LogP) is 3.79. The van der Waals surface area contributed by atoms with Gasteiger partial charge in [-0.2, -0.15) is 0 Å². The molecule has 0 spiro atoms. The Morgan fingerprint density at radius 1 is 1.15 bits per heavy atom. The summed E-state index contributed by atoms with van der Waals surface area (Å²) in [5.74, 6) is -1.02. The van der Waals surface area contributed by atoms with E-state index in [4.69, 9.17) is 0 Å². The van der Waals surface area contributed by atoms with Crippen molar-refractivity contribution in [2.45, 2.75) is 38.3 Å². The number of benzene rings is 1. The highest BCUT2D eigenvalue weighted by atomic mass is 79.9. The van der Waals surface area contributed by atoms with Gasteiger partial charge in [0.05, 0.1) is 10.2 Å². The van der Waals surface area contributed by atoms with Crippen LogP contribution in [0.15, 0.2) is 16.6 Å². The second-order valence-electron chi connectivity index (χ2n) is 5.86. The Hall–Kier alpha value is -0.680. The molecule has 1 aromatic carbocycles. The molecule has 2 fully saturated rings. The van der Waals surface area contributed by atoms with E-state index in [0.29, 0.717) is 16.2 Å². The molecule has 0 bridgehead atoms. The molecule has 20 heavy (non-hydrogen) atoms. The van der Waals surface area contributed by atoms with Crippen molar-refractivity contribution in [3.05, 3.63) is 28.2 Å². The molecule has 2 atom stereocenters. The molecule has 1 aromatic rings. The largest absolute Gasteiger partial charge is 0.364 e. The van der Waals surface area contributed by atoms with Gasteiger partial charge >= 0.3 is 0 Å². The normalized spacial score (nSPS) is 27.5. The number of hydrogen-bond acceptors (Lipinski definition) is 2. The summed E-state index contributed by atoms with van der Waals surface area (Å²) in [6, 6.07) is 3.29. The van der Waals surface area contributed by atoms with Crippen LogP contribution in [0.5, 0.6) is 0 Å². The Bertz CT molecular complexity index is 509. The minimum atomic E-state index is -0.546. The van der Waals surface area contributed by atoms with E-state index in [0.717, 1.165) is 25.7 Å². The van der Waals surface area contributed by atoms with Crippen LogP contribution >= 0.6 is 15.9 Å². The molecule has 0 radical (unpaired) electrons. The molecule has 0 aromatic heterocycles. The zero-order valence-corrected chi connectivity index (χ0v) is 13.2. The number of nitrogens with zero attached hydrogens (tertiary/aromatic N) is 2. The van der Waals surface area contributed by atoms with Crippen molar-refractivity contribution in [3.63, 3.8) is 0 Å². The van der Waals surface area contributed by atoms with Gasteiger partial charge in [-0.3, -0.25) is 4.90 Å². The summed E-state index contributed by atoms with van der Waals surface area (Å²) in [7, 11) is 0. The average Bonchev–Trinajstić information content (AvgIpc) is 2.42. The molecule has 110 valence electrons. The van der Waals surface area contributed by atoms with Crippen LogP contribution < -0.4 is 4.90 Å². The lowest BCUT2D eigenvalue weighted by molar-refractivity contribution is 0.115. The summed E-state index contributed by atoms with van der Waals surface area (Å²) in [5.41, 5.74) is 0.510. The van der Waals surface area contributed by atoms with Gasteiger partial charge in [0.25, 0.3) is 0 Å². The topological polar surface area (TPSA) is 6.48 Å². The molecule has 2 unspecified atom stereocenters. The fraction of sp³-hybridized carbons (Fsp3) is 0.600. The van der Waals surface area contributed by atoms with E-state index in [1.165, 1.54) is 19.3 Å². The van der Waals surface area contributed by atoms with Crippen molar-refractivity contribution < 1.29 is 8.78 Å². The highest BCUT2D eigenvalue weighted by molar-refractivity contribution is 9.10. The summed E-state index contributed by atoms with van der Waals surface area (Å²) in [5, 5.41) is 0. The van der Waals surface area contributed by atoms with E-state index in [1.807, 2.05) is 0 Å². The number of piperidine rings is 1. The molecule has 0 aliphatic carbocycles. The van der Waals surface area contributed by atoms with Crippen molar-refractivity contribution in [3.8, 4) is 0 Å². The lowest BCUT2D eigenvalue weighted by atomic mass is 9.96. The van der Waals surface area contributed by atoms with Crippen LogP contribution in [-0.2, 0) is 0 Å². The molecule has 2 heterocycles. The molecular formula is C15H19BrF2N2. The molecule has 5 heteroatoms. The number of hydrogen-bond donors (Lipinski definition) is 0. The molecular weight excluding hydrogens is 326 g/mol. The number of rotatable bonds is 1. The molecule has 0 saturated carbocycles. The Kier molecular flexibility index (Phi) is 4.00. The first kappa shape index (κ1) is 14.3. The van der Waals surface area contributed by atoms with Crippen molar-refractivity contribution in [2.24, 2.45) is 0 Å². The van der Waals surface area contributed by atoms with Crippen LogP contribution in [0.4, 0.5) is 14.5 Å². The predicted molar refractivity (Wildman–Crippen MR) is 80.1 cm³/mol. The lowest BCUT2D eigenvalue weighted by Gasteiger charge is -2.48. The van der Waals surface area contributed by atoms with Crippen LogP contribution in [0, 0.1) is 11.6 Å². The zero-order valence-electron chi connectivity index (χ0n) is 11.6. The SMILES string of the molecule is CC1CN2CCCCC2CN1c1cc(Br)c(F)cc1F. The van der Waals surface area contributed by atoms with Gasteiger partial charge in [-0.1, -0.05) is 6.42 Å². The smallest absolute Gasteiger partial charge is 0.149 e. The fourth-order valence-electron chi connectivity index (χ4n) is 3.42. The molecule has 2 saturated heterocycles. The third kappa shape index (κ3) is 2.58. The van der Waals surface area contributed by atoms with Crippen LogP contribution in [0.2, 0.25) is 0 Å². The molecule has 2 nitrogen and oxygen atoms in total. The van der Waals surface area contributed by atoms with E-state index < -0.39 is 11.6 Å². The van der Waals surface area contributed by atoms with Gasteiger partial charge in [0, 0.05) is 31.2 Å². The van der Waals surface area contributed by atoms with E-state index in [9.17, 15) is 8.78 Å². The third-order valence-corrected chi connectivity index (χ3v) is 5.09. The highest BCUT2D eigenvalue weighted by Gasteiger charge is 2.34. The number of anilines is 1. The van der Waals surface area contributed by atoms with Gasteiger partial charge in [-0.15, -0.1) is 0 Å². The number of halogens is 3. The maximum Gasteiger partial charge on any atom is 0.149 e. The minimum absolute atomic E-state index is 0.246. The zero-order chi connectivity index (χ0) is 14.3. The van der Waals surface area contributed by atoms with Crippen LogP contribution in [0.25, 0.3) is 0 Å². The molecule has 2 aliphatic rings. The van der Waals surface area contributed by atoms with Crippen molar-refractivity contribution in [1.82, 2.24) is 4.90 Å². The van der Waals surface area contributed by atoms with E-state index in [1.54, 1.807) is 6.07 Å². The maximum atomic E-state index is 14.1. The lowest BCUT2D eigenvalue weighted by Crippen LogP contribution is -2.59. The van der Waals surface area contributed by atoms with E-state index in [2.05, 4.69) is 32.7 Å². The first-order chi connectivity index (χ1) is 9.56. The minimum Gasteiger partial charge on any atom is -0.364 e. The Balaban J connectivity index is 1.88. The number of piperazine rings is 1. The third-order valence-electron chi connectivity index (χ3n) is 4.49.